The first-order chi connectivity index (χ1) is 10.0. The maximum absolute atomic E-state index is 12.6. The van der Waals surface area contributed by atoms with Crippen LogP contribution < -0.4 is 4.74 Å². The van der Waals surface area contributed by atoms with Gasteiger partial charge in [0.25, 0.3) is 5.91 Å². The third kappa shape index (κ3) is 4.20. The van der Waals surface area contributed by atoms with Crippen LogP contribution in [0.15, 0.2) is 22.7 Å². The third-order valence-corrected chi connectivity index (χ3v) is 4.81. The lowest BCUT2D eigenvalue weighted by molar-refractivity contribution is 0.0746. The number of halogens is 1. The summed E-state index contributed by atoms with van der Waals surface area (Å²) in [6, 6.07) is 5.49. The normalized spacial score (nSPS) is 16.8. The minimum Gasteiger partial charge on any atom is -0.497 e. The number of carbonyl (C=O) groups excluding carboxylic acids is 1. The molecule has 116 valence electrons. The molecular weight excluding hydrogens is 332 g/mol. The van der Waals surface area contributed by atoms with Crippen LogP contribution in [0.3, 0.4) is 0 Å². The van der Waals surface area contributed by atoms with Crippen molar-refractivity contribution in [2.24, 2.45) is 5.92 Å². The molecule has 0 aliphatic carbocycles. The average Bonchev–Trinajstić information content (AvgIpc) is 2.49. The first kappa shape index (κ1) is 16.3. The van der Waals surface area contributed by atoms with Crippen LogP contribution in [-0.4, -0.2) is 56.5 Å². The lowest BCUT2D eigenvalue weighted by Crippen LogP contribution is -2.38. The summed E-state index contributed by atoms with van der Waals surface area (Å²) in [4.78, 5) is 16.8. The van der Waals surface area contributed by atoms with E-state index in [-0.39, 0.29) is 5.91 Å². The van der Waals surface area contributed by atoms with Gasteiger partial charge in [-0.25, -0.2) is 0 Å². The summed E-state index contributed by atoms with van der Waals surface area (Å²) >= 11 is 3.45. The van der Waals surface area contributed by atoms with E-state index in [9.17, 15) is 4.79 Å². The first-order valence-electron chi connectivity index (χ1n) is 7.28. The Morgan fingerprint density at radius 1 is 1.43 bits per heavy atom. The second-order valence-electron chi connectivity index (χ2n) is 5.78. The Balaban J connectivity index is 2.02. The molecule has 0 atom stereocenters. The van der Waals surface area contributed by atoms with Crippen molar-refractivity contribution < 1.29 is 9.53 Å². The molecule has 2 rings (SSSR count). The lowest BCUT2D eigenvalue weighted by Gasteiger charge is -2.31. The highest BCUT2D eigenvalue weighted by atomic mass is 79.9. The van der Waals surface area contributed by atoms with E-state index in [0.717, 1.165) is 36.9 Å². The molecule has 0 N–H and O–H groups in total. The molecule has 1 aromatic rings. The zero-order chi connectivity index (χ0) is 15.4. The summed E-state index contributed by atoms with van der Waals surface area (Å²) in [6.07, 6.45) is 2.32. The van der Waals surface area contributed by atoms with Gasteiger partial charge < -0.3 is 14.5 Å². The molecule has 1 fully saturated rings. The Morgan fingerprint density at radius 3 is 2.71 bits per heavy atom. The Hall–Kier alpha value is -1.07. The van der Waals surface area contributed by atoms with E-state index >= 15 is 0 Å². The molecule has 0 saturated carbocycles. The number of hydrogen-bond donors (Lipinski definition) is 0. The monoisotopic (exact) mass is 354 g/mol. The number of hydrogen-bond acceptors (Lipinski definition) is 3. The molecule has 1 amide bonds. The van der Waals surface area contributed by atoms with E-state index in [1.807, 2.05) is 24.1 Å². The molecule has 1 aliphatic heterocycles. The van der Waals surface area contributed by atoms with Crippen LogP contribution >= 0.6 is 15.9 Å². The van der Waals surface area contributed by atoms with Gasteiger partial charge in [0, 0.05) is 18.1 Å². The first-order valence-corrected chi connectivity index (χ1v) is 8.08. The van der Waals surface area contributed by atoms with E-state index in [1.165, 1.54) is 0 Å². The van der Waals surface area contributed by atoms with Crippen molar-refractivity contribution in [3.8, 4) is 5.75 Å². The van der Waals surface area contributed by atoms with Gasteiger partial charge in [-0.05, 0) is 73.0 Å². The van der Waals surface area contributed by atoms with Crippen LogP contribution in [-0.2, 0) is 0 Å². The Morgan fingerprint density at radius 2 is 2.10 bits per heavy atom. The molecule has 4 nitrogen and oxygen atoms in total. The smallest absolute Gasteiger partial charge is 0.254 e. The number of amides is 1. The van der Waals surface area contributed by atoms with Gasteiger partial charge >= 0.3 is 0 Å². The van der Waals surface area contributed by atoms with Gasteiger partial charge in [0.2, 0.25) is 0 Å². The SMILES string of the molecule is COc1ccc(Br)c(C(=O)N(C)CC2CCN(C)CC2)c1. The Labute approximate surface area is 135 Å². The van der Waals surface area contributed by atoms with Crippen LogP contribution in [0.2, 0.25) is 0 Å². The highest BCUT2D eigenvalue weighted by molar-refractivity contribution is 9.10. The summed E-state index contributed by atoms with van der Waals surface area (Å²) in [7, 11) is 5.64. The standard InChI is InChI=1S/C16H23BrN2O2/c1-18-8-6-12(7-9-18)11-19(2)16(20)14-10-13(21-3)4-5-15(14)17/h4-5,10,12H,6-9,11H2,1-3H3. The zero-order valence-electron chi connectivity index (χ0n) is 12.9. The second kappa shape index (κ2) is 7.27. The summed E-state index contributed by atoms with van der Waals surface area (Å²) in [5.74, 6) is 1.34. The van der Waals surface area contributed by atoms with E-state index < -0.39 is 0 Å². The fourth-order valence-electron chi connectivity index (χ4n) is 2.72. The van der Waals surface area contributed by atoms with Crippen molar-refractivity contribution in [1.29, 1.82) is 0 Å². The summed E-state index contributed by atoms with van der Waals surface area (Å²) in [6.45, 7) is 3.06. The number of methoxy groups -OCH3 is 1. The van der Waals surface area contributed by atoms with E-state index in [4.69, 9.17) is 4.74 Å². The summed E-state index contributed by atoms with van der Waals surface area (Å²) < 4.78 is 6.01. The molecule has 0 unspecified atom stereocenters. The van der Waals surface area contributed by atoms with Crippen LogP contribution in [0.5, 0.6) is 5.75 Å². The van der Waals surface area contributed by atoms with Gasteiger partial charge in [0.05, 0.1) is 12.7 Å². The van der Waals surface area contributed by atoms with E-state index in [2.05, 4.69) is 27.9 Å². The van der Waals surface area contributed by atoms with Gasteiger partial charge in [-0.3, -0.25) is 4.79 Å². The van der Waals surface area contributed by atoms with Crippen molar-refractivity contribution in [3.63, 3.8) is 0 Å². The molecule has 5 heteroatoms. The third-order valence-electron chi connectivity index (χ3n) is 4.12. The van der Waals surface area contributed by atoms with E-state index in [1.54, 1.807) is 13.2 Å². The fraction of sp³-hybridized carbons (Fsp3) is 0.562. The largest absolute Gasteiger partial charge is 0.497 e. The topological polar surface area (TPSA) is 32.8 Å². The predicted octanol–water partition coefficient (Wildman–Crippen LogP) is 2.87. The van der Waals surface area contributed by atoms with Crippen LogP contribution in [0.25, 0.3) is 0 Å². The molecule has 0 spiro atoms. The fourth-order valence-corrected chi connectivity index (χ4v) is 3.13. The molecule has 0 bridgehead atoms. The van der Waals surface area contributed by atoms with Gasteiger partial charge in [0.1, 0.15) is 5.75 Å². The lowest BCUT2D eigenvalue weighted by atomic mass is 9.96. The van der Waals surface area contributed by atoms with Gasteiger partial charge in [-0.15, -0.1) is 0 Å². The predicted molar refractivity (Wildman–Crippen MR) is 87.9 cm³/mol. The maximum Gasteiger partial charge on any atom is 0.254 e. The molecular formula is C16H23BrN2O2. The second-order valence-corrected chi connectivity index (χ2v) is 6.63. The molecule has 21 heavy (non-hydrogen) atoms. The number of piperidine rings is 1. The number of benzene rings is 1. The van der Waals surface area contributed by atoms with Crippen molar-refractivity contribution in [2.75, 3.05) is 40.8 Å². The number of likely N-dealkylation sites (tertiary alicyclic amines) is 1. The molecule has 0 radical (unpaired) electrons. The number of carbonyl (C=O) groups is 1. The summed E-state index contributed by atoms with van der Waals surface area (Å²) in [5.41, 5.74) is 0.657. The minimum absolute atomic E-state index is 0.0414. The highest BCUT2D eigenvalue weighted by Gasteiger charge is 2.22. The molecule has 1 heterocycles. The molecule has 1 saturated heterocycles. The minimum atomic E-state index is 0.0414. The molecule has 1 aliphatic rings. The van der Waals surface area contributed by atoms with Crippen LogP contribution in [0, 0.1) is 5.92 Å². The number of nitrogens with zero attached hydrogens (tertiary/aromatic N) is 2. The number of ether oxygens (including phenoxy) is 1. The quantitative estimate of drug-likeness (QED) is 0.833. The van der Waals surface area contributed by atoms with Crippen LogP contribution in [0.1, 0.15) is 23.2 Å². The zero-order valence-corrected chi connectivity index (χ0v) is 14.5. The maximum atomic E-state index is 12.6. The van der Waals surface area contributed by atoms with Crippen molar-refractivity contribution >= 4 is 21.8 Å². The van der Waals surface area contributed by atoms with Crippen molar-refractivity contribution in [3.05, 3.63) is 28.2 Å². The highest BCUT2D eigenvalue weighted by Crippen LogP contribution is 2.24. The van der Waals surface area contributed by atoms with E-state index in [0.29, 0.717) is 17.2 Å². The Kier molecular flexibility index (Phi) is 5.65. The summed E-state index contributed by atoms with van der Waals surface area (Å²) in [5, 5.41) is 0. The van der Waals surface area contributed by atoms with Gasteiger partial charge in [-0.1, -0.05) is 0 Å². The van der Waals surface area contributed by atoms with Crippen molar-refractivity contribution in [2.45, 2.75) is 12.8 Å². The van der Waals surface area contributed by atoms with Crippen LogP contribution in [0.4, 0.5) is 0 Å². The molecule has 0 aromatic heterocycles. The number of rotatable bonds is 4. The van der Waals surface area contributed by atoms with Crippen molar-refractivity contribution in [1.82, 2.24) is 9.80 Å². The molecule has 1 aromatic carbocycles. The van der Waals surface area contributed by atoms with Gasteiger partial charge in [-0.2, -0.15) is 0 Å². The average molecular weight is 355 g/mol. The Bertz CT molecular complexity index is 499. The van der Waals surface area contributed by atoms with Gasteiger partial charge in [0.15, 0.2) is 0 Å².